The van der Waals surface area contributed by atoms with Gasteiger partial charge in [-0.15, -0.1) is 0 Å². The Morgan fingerprint density at radius 1 is 0.951 bits per heavy atom. The molecule has 10 heteroatoms. The maximum absolute atomic E-state index is 11.4. The fraction of sp³-hybridized carbons (Fsp3) is 0.194. The van der Waals surface area contributed by atoms with Crippen LogP contribution in [-0.4, -0.2) is 57.5 Å². The zero-order chi connectivity index (χ0) is 28.8. The number of aromatic carboxylic acids is 1. The van der Waals surface area contributed by atoms with Gasteiger partial charge in [-0.2, -0.15) is 4.98 Å². The number of pyridine rings is 1. The molecule has 0 spiro atoms. The number of aliphatic hydroxyl groups excluding tert-OH is 1. The molecule has 0 bridgehead atoms. The molecule has 0 aliphatic heterocycles. The van der Waals surface area contributed by atoms with Crippen molar-refractivity contribution in [1.29, 1.82) is 0 Å². The Morgan fingerprint density at radius 2 is 1.66 bits per heavy atom. The van der Waals surface area contributed by atoms with Crippen LogP contribution in [0.2, 0.25) is 5.02 Å². The molecule has 3 aromatic carbocycles. The number of benzene rings is 3. The number of aromatic amines is 1. The van der Waals surface area contributed by atoms with Gasteiger partial charge in [0, 0.05) is 18.7 Å². The molecule has 5 aromatic rings. The van der Waals surface area contributed by atoms with Gasteiger partial charge in [-0.25, -0.2) is 9.78 Å². The van der Waals surface area contributed by atoms with Crippen molar-refractivity contribution >= 4 is 28.7 Å². The smallest absolute Gasteiger partial charge is 0.336 e. The quantitative estimate of drug-likeness (QED) is 0.137. The van der Waals surface area contributed by atoms with Crippen LogP contribution in [-0.2, 0) is 11.3 Å². The van der Waals surface area contributed by atoms with Gasteiger partial charge >= 0.3 is 12.0 Å². The Labute approximate surface area is 241 Å². The highest BCUT2D eigenvalue weighted by atomic mass is 35.5. The molecular weight excluding hydrogens is 544 g/mol. The number of fused-ring (bicyclic) bond motifs is 1. The number of imidazole rings is 1. The van der Waals surface area contributed by atoms with Crippen molar-refractivity contribution in [2.24, 2.45) is 0 Å². The van der Waals surface area contributed by atoms with Gasteiger partial charge in [-0.05, 0) is 47.4 Å². The Morgan fingerprint density at radius 3 is 2.37 bits per heavy atom. The number of hydrogen-bond donors (Lipinski definition) is 4. The summed E-state index contributed by atoms with van der Waals surface area (Å²) >= 11 is 6.59. The molecule has 0 radical (unpaired) electrons. The molecule has 0 aliphatic rings. The summed E-state index contributed by atoms with van der Waals surface area (Å²) in [6.45, 7) is 4.15. The predicted molar refractivity (Wildman–Crippen MR) is 158 cm³/mol. The second-order valence-electron chi connectivity index (χ2n) is 9.40. The molecule has 4 N–H and O–H groups in total. The van der Waals surface area contributed by atoms with Gasteiger partial charge in [0.1, 0.15) is 5.75 Å². The SMILES string of the molecule is Cc1ccc(Oc2nc3nc(-c4ccc(-c5ccc(CNCCOCCO)cc5)cc4)c(Cl)cc3[nH]2)cc1C(=O)O. The third-order valence-electron chi connectivity index (χ3n) is 6.49. The summed E-state index contributed by atoms with van der Waals surface area (Å²) < 4.78 is 11.0. The largest absolute Gasteiger partial charge is 0.478 e. The Kier molecular flexibility index (Phi) is 8.91. The first-order valence-electron chi connectivity index (χ1n) is 13.1. The summed E-state index contributed by atoms with van der Waals surface area (Å²) in [6.07, 6.45) is 0. The lowest BCUT2D eigenvalue weighted by Crippen LogP contribution is -2.19. The number of aromatic nitrogens is 3. The maximum atomic E-state index is 11.4. The summed E-state index contributed by atoms with van der Waals surface area (Å²) in [4.78, 5) is 23.6. The van der Waals surface area contributed by atoms with Crippen LogP contribution in [0.1, 0.15) is 21.5 Å². The van der Waals surface area contributed by atoms with Crippen LogP contribution >= 0.6 is 11.6 Å². The minimum absolute atomic E-state index is 0.0377. The van der Waals surface area contributed by atoms with Crippen LogP contribution < -0.4 is 10.1 Å². The number of nitrogens with one attached hydrogen (secondary N) is 2. The molecule has 2 aromatic heterocycles. The highest BCUT2D eigenvalue weighted by molar-refractivity contribution is 6.33. The second kappa shape index (κ2) is 12.9. The van der Waals surface area contributed by atoms with Gasteiger partial charge in [0.2, 0.25) is 0 Å². The van der Waals surface area contributed by atoms with Crippen molar-refractivity contribution in [3.05, 3.63) is 94.5 Å². The zero-order valence-corrected chi connectivity index (χ0v) is 23.1. The summed E-state index contributed by atoms with van der Waals surface area (Å²) in [5.41, 5.74) is 6.60. The van der Waals surface area contributed by atoms with Crippen LogP contribution in [0.3, 0.4) is 0 Å². The average molecular weight is 573 g/mol. The lowest BCUT2D eigenvalue weighted by molar-refractivity contribution is 0.0695. The lowest BCUT2D eigenvalue weighted by atomic mass is 10.0. The summed E-state index contributed by atoms with van der Waals surface area (Å²) in [6, 6.07) is 23.1. The molecule has 41 heavy (non-hydrogen) atoms. The van der Waals surface area contributed by atoms with E-state index in [9.17, 15) is 9.90 Å². The van der Waals surface area contributed by atoms with E-state index in [0.717, 1.165) is 29.8 Å². The highest BCUT2D eigenvalue weighted by Gasteiger charge is 2.14. The number of aliphatic hydroxyl groups is 1. The van der Waals surface area contributed by atoms with E-state index < -0.39 is 5.97 Å². The normalized spacial score (nSPS) is 11.2. The van der Waals surface area contributed by atoms with Crippen molar-refractivity contribution in [2.45, 2.75) is 13.5 Å². The zero-order valence-electron chi connectivity index (χ0n) is 22.4. The number of ether oxygens (including phenoxy) is 2. The molecule has 210 valence electrons. The number of hydrogen-bond acceptors (Lipinski definition) is 7. The van der Waals surface area contributed by atoms with E-state index in [0.29, 0.717) is 46.4 Å². The van der Waals surface area contributed by atoms with Crippen molar-refractivity contribution in [3.8, 4) is 34.1 Å². The number of rotatable bonds is 12. The molecule has 0 aliphatic carbocycles. The van der Waals surface area contributed by atoms with Crippen LogP contribution in [0, 0.1) is 6.92 Å². The number of aryl methyl sites for hydroxylation is 1. The fourth-order valence-electron chi connectivity index (χ4n) is 4.33. The fourth-order valence-corrected chi connectivity index (χ4v) is 4.59. The van der Waals surface area contributed by atoms with E-state index in [-0.39, 0.29) is 18.2 Å². The van der Waals surface area contributed by atoms with E-state index in [1.807, 2.05) is 24.3 Å². The minimum atomic E-state index is -1.02. The molecule has 9 nitrogen and oxygen atoms in total. The first kappa shape index (κ1) is 28.3. The van der Waals surface area contributed by atoms with Gasteiger partial charge in [-0.3, -0.25) is 0 Å². The van der Waals surface area contributed by atoms with Gasteiger partial charge in [0.25, 0.3) is 0 Å². The number of carboxylic acids is 1. The van der Waals surface area contributed by atoms with Crippen LogP contribution in [0.25, 0.3) is 33.5 Å². The minimum Gasteiger partial charge on any atom is -0.478 e. The van der Waals surface area contributed by atoms with Crippen LogP contribution in [0.4, 0.5) is 0 Å². The van der Waals surface area contributed by atoms with Crippen LogP contribution in [0.5, 0.6) is 11.8 Å². The first-order valence-corrected chi connectivity index (χ1v) is 13.5. The average Bonchev–Trinajstić information content (AvgIpc) is 3.36. The van der Waals surface area contributed by atoms with E-state index in [4.69, 9.17) is 26.2 Å². The topological polar surface area (TPSA) is 130 Å². The Bertz CT molecular complexity index is 1650. The van der Waals surface area contributed by atoms with Crippen LogP contribution in [0.15, 0.2) is 72.8 Å². The summed E-state index contributed by atoms with van der Waals surface area (Å²) in [5.74, 6) is -0.675. The first-order chi connectivity index (χ1) is 19.9. The van der Waals surface area contributed by atoms with Crippen molar-refractivity contribution < 1.29 is 24.5 Å². The van der Waals surface area contributed by atoms with E-state index in [1.54, 1.807) is 25.1 Å². The number of H-pyrrole nitrogens is 1. The summed E-state index contributed by atoms with van der Waals surface area (Å²) in [7, 11) is 0. The predicted octanol–water partition coefficient (Wildman–Crippen LogP) is 5.84. The van der Waals surface area contributed by atoms with Crippen molar-refractivity contribution in [2.75, 3.05) is 26.4 Å². The number of carboxylic acid groups (broad SMARTS) is 1. The van der Waals surface area contributed by atoms with Gasteiger partial charge < -0.3 is 30.0 Å². The molecule has 0 amide bonds. The molecule has 0 fully saturated rings. The van der Waals surface area contributed by atoms with E-state index in [1.165, 1.54) is 11.6 Å². The molecular formula is C31H29ClN4O5. The van der Waals surface area contributed by atoms with Crippen molar-refractivity contribution in [1.82, 2.24) is 20.3 Å². The molecule has 0 atom stereocenters. The number of halogens is 1. The standard InChI is InChI=1S/C31H29ClN4O5/c1-19-2-11-24(16-25(19)30(38)39)41-31-34-27-17-26(32)28(35-29(27)36-31)23-9-7-22(8-10-23)21-5-3-20(4-6-21)18-33-12-14-40-15-13-37/h2-11,16-17,33,37H,12-15,18H2,1H3,(H,38,39)(H,34,35,36). The van der Waals surface area contributed by atoms with Gasteiger partial charge in [-0.1, -0.05) is 66.2 Å². The van der Waals surface area contributed by atoms with E-state index >= 15 is 0 Å². The third kappa shape index (κ3) is 6.90. The Balaban J connectivity index is 1.27. The third-order valence-corrected chi connectivity index (χ3v) is 6.78. The molecule has 5 rings (SSSR count). The Hall–Kier alpha value is -4.28. The molecule has 2 heterocycles. The lowest BCUT2D eigenvalue weighted by Gasteiger charge is -2.08. The molecule has 0 saturated heterocycles. The second-order valence-corrected chi connectivity index (χ2v) is 9.81. The number of nitrogens with zero attached hydrogens (tertiary/aromatic N) is 2. The van der Waals surface area contributed by atoms with Gasteiger partial charge in [0.05, 0.1) is 41.6 Å². The maximum Gasteiger partial charge on any atom is 0.336 e. The summed E-state index contributed by atoms with van der Waals surface area (Å²) in [5, 5.41) is 21.9. The highest BCUT2D eigenvalue weighted by Crippen LogP contribution is 2.32. The number of carbonyl (C=O) groups is 1. The van der Waals surface area contributed by atoms with Gasteiger partial charge in [0.15, 0.2) is 5.65 Å². The molecule has 0 unspecified atom stereocenters. The van der Waals surface area contributed by atoms with E-state index in [2.05, 4.69) is 44.5 Å². The van der Waals surface area contributed by atoms with Crippen molar-refractivity contribution in [3.63, 3.8) is 0 Å². The monoisotopic (exact) mass is 572 g/mol. The molecule has 0 saturated carbocycles.